The van der Waals surface area contributed by atoms with Gasteiger partial charge in [0.15, 0.2) is 0 Å². The molecule has 8 heteroatoms. The Morgan fingerprint density at radius 1 is 1.35 bits per heavy atom. The molecule has 0 atom stereocenters. The van der Waals surface area contributed by atoms with E-state index in [0.717, 1.165) is 0 Å². The first-order chi connectivity index (χ1) is 9.58. The number of hydrogen-bond donors (Lipinski definition) is 1. The van der Waals surface area contributed by atoms with E-state index in [9.17, 15) is 9.59 Å². The average Bonchev–Trinajstić information content (AvgIpc) is 2.90. The second kappa shape index (κ2) is 5.64. The standard InChI is InChI=1S/C12H15N5O3/c1-3-9-8(5-13-12-14-7-15-17(9)12)11(20)16(4-2)6-10(18)19/h5,7H,3-4,6H2,1-2H3,(H,18,19). The summed E-state index contributed by atoms with van der Waals surface area (Å²) in [4.78, 5) is 32.5. The molecule has 0 fully saturated rings. The Bertz CT molecular complexity index is 652. The molecule has 0 bridgehead atoms. The summed E-state index contributed by atoms with van der Waals surface area (Å²) in [5, 5.41) is 12.9. The quantitative estimate of drug-likeness (QED) is 0.839. The minimum atomic E-state index is -1.05. The van der Waals surface area contributed by atoms with Crippen LogP contribution in [0.25, 0.3) is 5.78 Å². The Morgan fingerprint density at radius 2 is 2.10 bits per heavy atom. The minimum Gasteiger partial charge on any atom is -0.480 e. The van der Waals surface area contributed by atoms with Gasteiger partial charge in [0.2, 0.25) is 0 Å². The van der Waals surface area contributed by atoms with Gasteiger partial charge in [0.25, 0.3) is 11.7 Å². The highest BCUT2D eigenvalue weighted by atomic mass is 16.4. The van der Waals surface area contributed by atoms with E-state index in [1.807, 2.05) is 6.92 Å². The predicted octanol–water partition coefficient (Wildman–Crippen LogP) is 0.233. The van der Waals surface area contributed by atoms with Crippen LogP contribution in [-0.2, 0) is 11.2 Å². The van der Waals surface area contributed by atoms with Gasteiger partial charge in [-0.3, -0.25) is 9.59 Å². The van der Waals surface area contributed by atoms with Crippen LogP contribution in [-0.4, -0.2) is 54.6 Å². The van der Waals surface area contributed by atoms with E-state index in [-0.39, 0.29) is 12.5 Å². The molecule has 1 N–H and O–H groups in total. The summed E-state index contributed by atoms with van der Waals surface area (Å²) < 4.78 is 1.50. The molecule has 1 amide bonds. The van der Waals surface area contributed by atoms with Crippen molar-refractivity contribution < 1.29 is 14.7 Å². The van der Waals surface area contributed by atoms with Gasteiger partial charge >= 0.3 is 5.97 Å². The molecular weight excluding hydrogens is 262 g/mol. The number of carboxylic acids is 1. The van der Waals surface area contributed by atoms with Gasteiger partial charge in [-0.2, -0.15) is 10.1 Å². The topological polar surface area (TPSA) is 101 Å². The van der Waals surface area contributed by atoms with E-state index in [4.69, 9.17) is 5.11 Å². The summed E-state index contributed by atoms with van der Waals surface area (Å²) in [5.74, 6) is -0.996. The highest BCUT2D eigenvalue weighted by Crippen LogP contribution is 2.12. The molecule has 2 aromatic heterocycles. The second-order valence-corrected chi connectivity index (χ2v) is 4.16. The van der Waals surface area contributed by atoms with Crippen molar-refractivity contribution in [2.24, 2.45) is 0 Å². The van der Waals surface area contributed by atoms with Crippen molar-refractivity contribution in [3.05, 3.63) is 23.8 Å². The number of rotatable bonds is 5. The molecule has 0 radical (unpaired) electrons. The number of aliphatic carboxylic acids is 1. The molecule has 0 aromatic carbocycles. The molecule has 8 nitrogen and oxygen atoms in total. The van der Waals surface area contributed by atoms with E-state index in [2.05, 4.69) is 15.1 Å². The van der Waals surface area contributed by atoms with E-state index < -0.39 is 5.97 Å². The zero-order valence-electron chi connectivity index (χ0n) is 11.3. The molecule has 0 aliphatic carbocycles. The van der Waals surface area contributed by atoms with E-state index in [1.54, 1.807) is 6.92 Å². The number of aryl methyl sites for hydroxylation is 1. The second-order valence-electron chi connectivity index (χ2n) is 4.16. The molecule has 0 unspecified atom stereocenters. The Morgan fingerprint density at radius 3 is 2.70 bits per heavy atom. The monoisotopic (exact) mass is 277 g/mol. The Kier molecular flexibility index (Phi) is 3.92. The first-order valence-electron chi connectivity index (χ1n) is 6.27. The van der Waals surface area contributed by atoms with Crippen LogP contribution < -0.4 is 0 Å². The first kappa shape index (κ1) is 13.9. The van der Waals surface area contributed by atoms with Crippen molar-refractivity contribution in [1.82, 2.24) is 24.5 Å². The SMILES string of the molecule is CCc1c(C(=O)N(CC)CC(=O)O)cnc2ncnn12. The van der Waals surface area contributed by atoms with Crippen molar-refractivity contribution in [1.29, 1.82) is 0 Å². The number of carboxylic acid groups (broad SMARTS) is 1. The summed E-state index contributed by atoms with van der Waals surface area (Å²) in [6.45, 7) is 3.59. The van der Waals surface area contributed by atoms with Crippen LogP contribution in [0.2, 0.25) is 0 Å². The lowest BCUT2D eigenvalue weighted by atomic mass is 10.1. The number of amides is 1. The number of likely N-dealkylation sites (N-methyl/N-ethyl adjacent to an activating group) is 1. The van der Waals surface area contributed by atoms with E-state index in [1.165, 1.54) is 21.9 Å². The van der Waals surface area contributed by atoms with Crippen LogP contribution in [0.5, 0.6) is 0 Å². The minimum absolute atomic E-state index is 0.309. The lowest BCUT2D eigenvalue weighted by Gasteiger charge is -2.19. The number of aromatic nitrogens is 4. The van der Waals surface area contributed by atoms with Gasteiger partial charge < -0.3 is 10.0 Å². The fourth-order valence-electron chi connectivity index (χ4n) is 2.00. The first-order valence-corrected chi connectivity index (χ1v) is 6.27. The van der Waals surface area contributed by atoms with Gasteiger partial charge in [0, 0.05) is 12.7 Å². The largest absolute Gasteiger partial charge is 0.480 e. The third-order valence-corrected chi connectivity index (χ3v) is 2.97. The number of fused-ring (bicyclic) bond motifs is 1. The maximum Gasteiger partial charge on any atom is 0.323 e. The molecule has 0 saturated carbocycles. The summed E-state index contributed by atoms with van der Waals surface area (Å²) in [7, 11) is 0. The zero-order valence-corrected chi connectivity index (χ0v) is 11.3. The highest BCUT2D eigenvalue weighted by molar-refractivity contribution is 5.96. The third-order valence-electron chi connectivity index (χ3n) is 2.97. The third kappa shape index (κ3) is 2.44. The summed E-state index contributed by atoms with van der Waals surface area (Å²) in [6, 6.07) is 0. The molecule has 0 aliphatic rings. The molecule has 106 valence electrons. The number of hydrogen-bond acceptors (Lipinski definition) is 5. The number of nitrogens with zero attached hydrogens (tertiary/aromatic N) is 5. The Labute approximate surface area is 115 Å². The van der Waals surface area contributed by atoms with Crippen LogP contribution in [0.4, 0.5) is 0 Å². The predicted molar refractivity (Wildman–Crippen MR) is 69.4 cm³/mol. The number of carbonyl (C=O) groups is 2. The molecule has 2 rings (SSSR count). The zero-order chi connectivity index (χ0) is 14.7. The highest BCUT2D eigenvalue weighted by Gasteiger charge is 2.21. The lowest BCUT2D eigenvalue weighted by Crippen LogP contribution is -2.36. The van der Waals surface area contributed by atoms with E-state index >= 15 is 0 Å². The fraction of sp³-hybridized carbons (Fsp3) is 0.417. The van der Waals surface area contributed by atoms with Gasteiger partial charge in [-0.05, 0) is 13.3 Å². The molecule has 0 saturated heterocycles. The molecule has 2 heterocycles. The van der Waals surface area contributed by atoms with Gasteiger partial charge in [0.1, 0.15) is 12.9 Å². The van der Waals surface area contributed by atoms with Crippen molar-refractivity contribution in [2.45, 2.75) is 20.3 Å². The fourth-order valence-corrected chi connectivity index (χ4v) is 2.00. The summed E-state index contributed by atoms with van der Waals surface area (Å²) >= 11 is 0. The Balaban J connectivity index is 2.45. The van der Waals surface area contributed by atoms with Crippen LogP contribution in [0.15, 0.2) is 12.5 Å². The van der Waals surface area contributed by atoms with Gasteiger partial charge in [-0.15, -0.1) is 0 Å². The van der Waals surface area contributed by atoms with Gasteiger partial charge in [-0.1, -0.05) is 6.92 Å². The lowest BCUT2D eigenvalue weighted by molar-refractivity contribution is -0.137. The average molecular weight is 277 g/mol. The maximum absolute atomic E-state index is 12.4. The van der Waals surface area contributed by atoms with Crippen LogP contribution in [0, 0.1) is 0 Å². The molecule has 0 aliphatic heterocycles. The Hall–Kier alpha value is -2.51. The van der Waals surface area contributed by atoms with Crippen LogP contribution in [0.1, 0.15) is 29.9 Å². The van der Waals surface area contributed by atoms with Crippen LogP contribution in [0.3, 0.4) is 0 Å². The van der Waals surface area contributed by atoms with Crippen LogP contribution >= 0.6 is 0 Å². The molecule has 0 spiro atoms. The summed E-state index contributed by atoms with van der Waals surface area (Å²) in [5.41, 5.74) is 1.02. The van der Waals surface area contributed by atoms with Crippen molar-refractivity contribution in [3.8, 4) is 0 Å². The van der Waals surface area contributed by atoms with Gasteiger partial charge in [-0.25, -0.2) is 9.50 Å². The molecule has 20 heavy (non-hydrogen) atoms. The molecular formula is C12H15N5O3. The van der Waals surface area contributed by atoms with Crippen molar-refractivity contribution >= 4 is 17.7 Å². The van der Waals surface area contributed by atoms with Crippen molar-refractivity contribution in [3.63, 3.8) is 0 Å². The summed E-state index contributed by atoms with van der Waals surface area (Å²) in [6.07, 6.45) is 3.36. The van der Waals surface area contributed by atoms with E-state index in [0.29, 0.717) is 30.0 Å². The smallest absolute Gasteiger partial charge is 0.323 e. The van der Waals surface area contributed by atoms with Crippen molar-refractivity contribution in [2.75, 3.05) is 13.1 Å². The van der Waals surface area contributed by atoms with Gasteiger partial charge in [0.05, 0.1) is 11.3 Å². The normalized spacial score (nSPS) is 10.7. The number of carbonyl (C=O) groups excluding carboxylic acids is 1. The molecule has 2 aromatic rings. The maximum atomic E-state index is 12.4.